The maximum atomic E-state index is 11.6. The minimum Gasteiger partial charge on any atom is -0.357 e. The van der Waals surface area contributed by atoms with Crippen LogP contribution in [0.5, 0.6) is 0 Å². The predicted octanol–water partition coefficient (Wildman–Crippen LogP) is 2.43. The first-order valence-electron chi connectivity index (χ1n) is 9.65. The number of nitrogens with zero attached hydrogens (tertiary/aromatic N) is 2. The van der Waals surface area contributed by atoms with E-state index in [1.165, 1.54) is 31.9 Å². The van der Waals surface area contributed by atoms with Crippen molar-refractivity contribution in [3.63, 3.8) is 0 Å². The van der Waals surface area contributed by atoms with E-state index in [1.807, 2.05) is 0 Å². The van der Waals surface area contributed by atoms with Crippen LogP contribution in [-0.4, -0.2) is 57.7 Å². The number of sulfonamides is 1. The SMILES string of the molecule is CCCCCC(C)(C)CN=C(NCC)NCC1CCN(S(C)(=O)=O)C1. The number of aliphatic imine (C=N–C) groups is 1. The molecule has 1 fully saturated rings. The molecule has 0 saturated carbocycles. The van der Waals surface area contributed by atoms with Gasteiger partial charge in [-0.15, -0.1) is 0 Å². The van der Waals surface area contributed by atoms with E-state index in [0.29, 0.717) is 19.0 Å². The third-order valence-corrected chi connectivity index (χ3v) is 6.01. The van der Waals surface area contributed by atoms with E-state index in [9.17, 15) is 8.42 Å². The molecule has 7 heteroatoms. The molecule has 0 aromatic heterocycles. The molecule has 1 unspecified atom stereocenters. The van der Waals surface area contributed by atoms with Crippen LogP contribution < -0.4 is 10.6 Å². The van der Waals surface area contributed by atoms with Gasteiger partial charge in [0, 0.05) is 32.7 Å². The average Bonchev–Trinajstić information content (AvgIpc) is 2.99. The first kappa shape index (κ1) is 22.2. The fourth-order valence-corrected chi connectivity index (χ4v) is 3.99. The van der Waals surface area contributed by atoms with Gasteiger partial charge in [0.25, 0.3) is 0 Å². The standard InChI is InChI=1S/C18H38N4O2S/c1-6-8-9-11-18(3,4)15-21-17(19-7-2)20-13-16-10-12-22(14-16)25(5,23)24/h16H,6-15H2,1-5H3,(H2,19,20,21). The van der Waals surface area contributed by atoms with Crippen molar-refractivity contribution >= 4 is 16.0 Å². The number of hydrogen-bond donors (Lipinski definition) is 2. The van der Waals surface area contributed by atoms with Gasteiger partial charge in [-0.25, -0.2) is 12.7 Å². The second-order valence-electron chi connectivity index (χ2n) is 7.97. The summed E-state index contributed by atoms with van der Waals surface area (Å²) in [6.07, 6.45) is 7.17. The van der Waals surface area contributed by atoms with E-state index in [2.05, 4.69) is 38.3 Å². The quantitative estimate of drug-likeness (QED) is 0.350. The Morgan fingerprint density at radius 3 is 2.52 bits per heavy atom. The van der Waals surface area contributed by atoms with Crippen molar-refractivity contribution in [2.75, 3.05) is 39.0 Å². The van der Waals surface area contributed by atoms with Gasteiger partial charge in [-0.1, -0.05) is 40.0 Å². The molecule has 1 aliphatic rings. The molecule has 25 heavy (non-hydrogen) atoms. The number of guanidine groups is 1. The van der Waals surface area contributed by atoms with Crippen molar-refractivity contribution in [2.24, 2.45) is 16.3 Å². The summed E-state index contributed by atoms with van der Waals surface area (Å²) in [5.74, 6) is 1.18. The largest absolute Gasteiger partial charge is 0.357 e. The molecule has 0 bridgehead atoms. The first-order valence-corrected chi connectivity index (χ1v) is 11.5. The van der Waals surface area contributed by atoms with E-state index in [4.69, 9.17) is 4.99 Å². The zero-order chi connectivity index (χ0) is 18.9. The maximum Gasteiger partial charge on any atom is 0.211 e. The highest BCUT2D eigenvalue weighted by molar-refractivity contribution is 7.88. The molecule has 0 aliphatic carbocycles. The summed E-state index contributed by atoms with van der Waals surface area (Å²) in [6, 6.07) is 0. The number of unbranched alkanes of at least 4 members (excludes halogenated alkanes) is 2. The summed E-state index contributed by atoms with van der Waals surface area (Å²) in [5.41, 5.74) is 0.206. The van der Waals surface area contributed by atoms with Crippen molar-refractivity contribution in [2.45, 2.75) is 59.8 Å². The van der Waals surface area contributed by atoms with Crippen molar-refractivity contribution in [3.8, 4) is 0 Å². The molecule has 2 N–H and O–H groups in total. The topological polar surface area (TPSA) is 73.8 Å². The van der Waals surface area contributed by atoms with Gasteiger partial charge in [0.15, 0.2) is 5.96 Å². The molecule has 0 amide bonds. The monoisotopic (exact) mass is 374 g/mol. The third kappa shape index (κ3) is 8.90. The number of rotatable bonds is 10. The van der Waals surface area contributed by atoms with Crippen LogP contribution in [0.4, 0.5) is 0 Å². The first-order chi connectivity index (χ1) is 11.7. The average molecular weight is 375 g/mol. The zero-order valence-electron chi connectivity index (χ0n) is 16.8. The van der Waals surface area contributed by atoms with E-state index in [-0.39, 0.29) is 5.41 Å². The summed E-state index contributed by atoms with van der Waals surface area (Å²) in [6.45, 7) is 12.4. The fraction of sp³-hybridized carbons (Fsp3) is 0.944. The molecule has 1 aliphatic heterocycles. The summed E-state index contributed by atoms with van der Waals surface area (Å²) >= 11 is 0. The molecular formula is C18H38N4O2S. The zero-order valence-corrected chi connectivity index (χ0v) is 17.6. The van der Waals surface area contributed by atoms with Gasteiger partial charge in [-0.3, -0.25) is 4.99 Å². The molecule has 0 radical (unpaired) electrons. The molecule has 1 atom stereocenters. The van der Waals surface area contributed by atoms with Gasteiger partial charge >= 0.3 is 0 Å². The second-order valence-corrected chi connectivity index (χ2v) is 9.96. The van der Waals surface area contributed by atoms with E-state index in [0.717, 1.165) is 32.0 Å². The molecule has 1 rings (SSSR count). The Kier molecular flexibility index (Phi) is 9.21. The van der Waals surface area contributed by atoms with E-state index in [1.54, 1.807) is 4.31 Å². The van der Waals surface area contributed by atoms with Crippen molar-refractivity contribution in [3.05, 3.63) is 0 Å². The Morgan fingerprint density at radius 1 is 1.24 bits per heavy atom. The summed E-state index contributed by atoms with van der Waals surface area (Å²) in [4.78, 5) is 4.76. The van der Waals surface area contributed by atoms with Crippen LogP contribution >= 0.6 is 0 Å². The Labute approximate surface area is 154 Å². The van der Waals surface area contributed by atoms with Crippen LogP contribution in [0.15, 0.2) is 4.99 Å². The molecular weight excluding hydrogens is 336 g/mol. The number of hydrogen-bond acceptors (Lipinski definition) is 3. The molecule has 0 aromatic carbocycles. The molecule has 6 nitrogen and oxygen atoms in total. The fourth-order valence-electron chi connectivity index (χ4n) is 3.07. The van der Waals surface area contributed by atoms with E-state index < -0.39 is 10.0 Å². The second kappa shape index (κ2) is 10.4. The Balaban J connectivity index is 2.48. The van der Waals surface area contributed by atoms with Crippen molar-refractivity contribution < 1.29 is 8.42 Å². The Bertz CT molecular complexity index is 517. The molecule has 1 saturated heterocycles. The van der Waals surface area contributed by atoms with Crippen molar-refractivity contribution in [1.82, 2.24) is 14.9 Å². The summed E-state index contributed by atoms with van der Waals surface area (Å²) in [7, 11) is -3.07. The summed E-state index contributed by atoms with van der Waals surface area (Å²) in [5, 5.41) is 6.69. The Hall–Kier alpha value is -0.820. The normalized spacial score (nSPS) is 20.0. The maximum absolute atomic E-state index is 11.6. The third-order valence-electron chi connectivity index (χ3n) is 4.74. The van der Waals surface area contributed by atoms with Crippen LogP contribution in [0.1, 0.15) is 59.8 Å². The minimum absolute atomic E-state index is 0.206. The lowest BCUT2D eigenvalue weighted by molar-refractivity contribution is 0.332. The van der Waals surface area contributed by atoms with Gasteiger partial charge < -0.3 is 10.6 Å². The van der Waals surface area contributed by atoms with Crippen LogP contribution in [0.3, 0.4) is 0 Å². The highest BCUT2D eigenvalue weighted by Gasteiger charge is 2.28. The van der Waals surface area contributed by atoms with Gasteiger partial charge in [-0.2, -0.15) is 0 Å². The molecule has 0 spiro atoms. The van der Waals surface area contributed by atoms with Gasteiger partial charge in [0.1, 0.15) is 0 Å². The van der Waals surface area contributed by atoms with Crippen LogP contribution in [0.2, 0.25) is 0 Å². The Morgan fingerprint density at radius 2 is 1.96 bits per heavy atom. The molecule has 0 aromatic rings. The number of nitrogens with one attached hydrogen (secondary N) is 2. The smallest absolute Gasteiger partial charge is 0.211 e. The lowest BCUT2D eigenvalue weighted by Crippen LogP contribution is -2.41. The van der Waals surface area contributed by atoms with Crippen LogP contribution in [-0.2, 0) is 10.0 Å². The highest BCUT2D eigenvalue weighted by atomic mass is 32.2. The lowest BCUT2D eigenvalue weighted by atomic mass is 9.87. The molecule has 1 heterocycles. The van der Waals surface area contributed by atoms with Crippen LogP contribution in [0.25, 0.3) is 0 Å². The minimum atomic E-state index is -3.07. The van der Waals surface area contributed by atoms with Crippen molar-refractivity contribution in [1.29, 1.82) is 0 Å². The highest BCUT2D eigenvalue weighted by Crippen LogP contribution is 2.24. The predicted molar refractivity (Wildman–Crippen MR) is 106 cm³/mol. The van der Waals surface area contributed by atoms with Crippen LogP contribution in [0, 0.1) is 11.3 Å². The van der Waals surface area contributed by atoms with Gasteiger partial charge in [0.05, 0.1) is 6.26 Å². The van der Waals surface area contributed by atoms with E-state index >= 15 is 0 Å². The lowest BCUT2D eigenvalue weighted by Gasteiger charge is -2.23. The van der Waals surface area contributed by atoms with Gasteiger partial charge in [-0.05, 0) is 31.1 Å². The molecule has 148 valence electrons. The summed E-state index contributed by atoms with van der Waals surface area (Å²) < 4.78 is 24.8. The van der Waals surface area contributed by atoms with Gasteiger partial charge in [0.2, 0.25) is 10.0 Å².